The zero-order chi connectivity index (χ0) is 15.9. The Balaban J connectivity index is 2.33. The molecule has 0 spiro atoms. The van der Waals surface area contributed by atoms with Crippen LogP contribution in [0.15, 0.2) is 24.3 Å². The van der Waals surface area contributed by atoms with Crippen LogP contribution in [0.25, 0.3) is 0 Å². The molecule has 0 radical (unpaired) electrons. The van der Waals surface area contributed by atoms with Gasteiger partial charge in [-0.3, -0.25) is 4.79 Å². The van der Waals surface area contributed by atoms with Gasteiger partial charge in [-0.2, -0.15) is 5.26 Å². The fourth-order valence-electron chi connectivity index (χ4n) is 2.29. The van der Waals surface area contributed by atoms with Crippen molar-refractivity contribution in [2.24, 2.45) is 5.41 Å². The van der Waals surface area contributed by atoms with Crippen LogP contribution in [0.3, 0.4) is 0 Å². The summed E-state index contributed by atoms with van der Waals surface area (Å²) in [5.41, 5.74) is 1.51. The molecular formula is C17H25N3O. The van der Waals surface area contributed by atoms with E-state index in [0.717, 1.165) is 19.5 Å². The Hall–Kier alpha value is -1.86. The van der Waals surface area contributed by atoms with Crippen molar-refractivity contribution >= 4 is 11.6 Å². The minimum absolute atomic E-state index is 0.00533. The van der Waals surface area contributed by atoms with E-state index in [1.807, 2.05) is 0 Å². The third-order valence-corrected chi connectivity index (χ3v) is 2.96. The zero-order valence-electron chi connectivity index (χ0n) is 13.4. The number of rotatable bonds is 6. The summed E-state index contributed by atoms with van der Waals surface area (Å²) in [6, 6.07) is 9.03. The Labute approximate surface area is 127 Å². The number of benzene rings is 1. The third kappa shape index (κ3) is 7.48. The number of amides is 1. The van der Waals surface area contributed by atoms with Gasteiger partial charge in [-0.25, -0.2) is 0 Å². The van der Waals surface area contributed by atoms with Gasteiger partial charge in [0.15, 0.2) is 0 Å². The molecule has 0 aromatic heterocycles. The van der Waals surface area contributed by atoms with Crippen LogP contribution in [0.4, 0.5) is 5.69 Å². The first-order valence-electron chi connectivity index (χ1n) is 7.29. The fourth-order valence-corrected chi connectivity index (χ4v) is 2.29. The molecule has 1 rings (SSSR count). The van der Waals surface area contributed by atoms with Gasteiger partial charge in [-0.15, -0.1) is 0 Å². The van der Waals surface area contributed by atoms with Crippen molar-refractivity contribution in [1.29, 1.82) is 5.26 Å². The molecule has 4 nitrogen and oxygen atoms in total. The van der Waals surface area contributed by atoms with E-state index < -0.39 is 0 Å². The predicted octanol–water partition coefficient (Wildman–Crippen LogP) is 3.25. The maximum Gasteiger partial charge on any atom is 0.224 e. The smallest absolute Gasteiger partial charge is 0.224 e. The first kappa shape index (κ1) is 17.2. The number of nitrogens with zero attached hydrogens (tertiary/aromatic N) is 2. The van der Waals surface area contributed by atoms with Crippen molar-refractivity contribution in [3.05, 3.63) is 29.8 Å². The zero-order valence-corrected chi connectivity index (χ0v) is 13.4. The number of anilines is 1. The Kier molecular flexibility index (Phi) is 6.39. The first-order chi connectivity index (χ1) is 9.80. The van der Waals surface area contributed by atoms with E-state index in [1.165, 1.54) is 0 Å². The molecule has 0 atom stereocenters. The van der Waals surface area contributed by atoms with E-state index in [9.17, 15) is 4.79 Å². The van der Waals surface area contributed by atoms with Gasteiger partial charge in [0.1, 0.15) is 0 Å². The predicted molar refractivity (Wildman–Crippen MR) is 86.0 cm³/mol. The molecule has 0 saturated carbocycles. The SMILES string of the molecule is CN(CCCC(=O)Nc1cccc(C#N)c1)CC(C)(C)C. The topological polar surface area (TPSA) is 56.1 Å². The van der Waals surface area contributed by atoms with Crippen LogP contribution < -0.4 is 5.32 Å². The van der Waals surface area contributed by atoms with Crippen LogP contribution in [0.1, 0.15) is 39.2 Å². The second-order valence-electron chi connectivity index (χ2n) is 6.64. The maximum atomic E-state index is 11.9. The molecule has 1 N–H and O–H groups in total. The standard InChI is InChI=1S/C17H25N3O/c1-17(2,3)13-20(4)10-6-9-16(21)19-15-8-5-7-14(11-15)12-18/h5,7-8,11H,6,9-10,13H2,1-4H3,(H,19,21). The lowest BCUT2D eigenvalue weighted by Crippen LogP contribution is -2.30. The van der Waals surface area contributed by atoms with Crippen molar-refractivity contribution in [2.45, 2.75) is 33.6 Å². The highest BCUT2D eigenvalue weighted by Gasteiger charge is 2.13. The van der Waals surface area contributed by atoms with Crippen molar-refractivity contribution in [3.63, 3.8) is 0 Å². The summed E-state index contributed by atoms with van der Waals surface area (Å²) in [6.07, 6.45) is 1.32. The molecule has 1 aromatic carbocycles. The van der Waals surface area contributed by atoms with Crippen molar-refractivity contribution < 1.29 is 4.79 Å². The van der Waals surface area contributed by atoms with Crippen LogP contribution in [-0.4, -0.2) is 30.9 Å². The lowest BCUT2D eigenvalue weighted by molar-refractivity contribution is -0.116. The van der Waals surface area contributed by atoms with Crippen LogP contribution in [0.2, 0.25) is 0 Å². The average Bonchev–Trinajstić information content (AvgIpc) is 2.36. The molecule has 0 saturated heterocycles. The Bertz CT molecular complexity index is 512. The van der Waals surface area contributed by atoms with Crippen LogP contribution in [0, 0.1) is 16.7 Å². The highest BCUT2D eigenvalue weighted by Crippen LogP contribution is 2.14. The average molecular weight is 287 g/mol. The summed E-state index contributed by atoms with van der Waals surface area (Å²) in [5, 5.41) is 11.7. The highest BCUT2D eigenvalue weighted by atomic mass is 16.1. The van der Waals surface area contributed by atoms with Crippen LogP contribution in [0.5, 0.6) is 0 Å². The van der Waals surface area contributed by atoms with E-state index in [-0.39, 0.29) is 11.3 Å². The molecule has 0 aliphatic rings. The molecule has 0 fully saturated rings. The lowest BCUT2D eigenvalue weighted by atomic mass is 9.96. The van der Waals surface area contributed by atoms with E-state index >= 15 is 0 Å². The monoisotopic (exact) mass is 287 g/mol. The van der Waals surface area contributed by atoms with Gasteiger partial charge in [-0.1, -0.05) is 26.8 Å². The lowest BCUT2D eigenvalue weighted by Gasteiger charge is -2.26. The molecular weight excluding hydrogens is 262 g/mol. The van der Waals surface area contributed by atoms with Gasteiger partial charge in [0.05, 0.1) is 11.6 Å². The van der Waals surface area contributed by atoms with Crippen molar-refractivity contribution in [1.82, 2.24) is 4.90 Å². The summed E-state index contributed by atoms with van der Waals surface area (Å²) in [7, 11) is 2.08. The summed E-state index contributed by atoms with van der Waals surface area (Å²) < 4.78 is 0. The van der Waals surface area contributed by atoms with E-state index in [2.05, 4.69) is 44.1 Å². The van der Waals surface area contributed by atoms with E-state index in [1.54, 1.807) is 24.3 Å². The number of carbonyl (C=O) groups excluding carboxylic acids is 1. The minimum atomic E-state index is -0.00533. The van der Waals surface area contributed by atoms with Gasteiger partial charge in [-0.05, 0) is 43.6 Å². The summed E-state index contributed by atoms with van der Waals surface area (Å²) in [6.45, 7) is 8.54. The van der Waals surface area contributed by atoms with E-state index in [4.69, 9.17) is 5.26 Å². The van der Waals surface area contributed by atoms with Gasteiger partial charge in [0.2, 0.25) is 5.91 Å². The van der Waals surface area contributed by atoms with Crippen molar-refractivity contribution in [3.8, 4) is 6.07 Å². The molecule has 21 heavy (non-hydrogen) atoms. The second kappa shape index (κ2) is 7.80. The molecule has 1 amide bonds. The fraction of sp³-hybridized carbons (Fsp3) is 0.529. The normalized spacial score (nSPS) is 11.2. The Morgan fingerprint density at radius 1 is 1.38 bits per heavy atom. The second-order valence-corrected chi connectivity index (χ2v) is 6.64. The molecule has 0 aliphatic carbocycles. The molecule has 4 heteroatoms. The molecule has 0 aliphatic heterocycles. The van der Waals surface area contributed by atoms with Crippen molar-refractivity contribution in [2.75, 3.05) is 25.5 Å². The van der Waals surface area contributed by atoms with Gasteiger partial charge < -0.3 is 10.2 Å². The molecule has 0 bridgehead atoms. The molecule has 0 unspecified atom stereocenters. The number of carbonyl (C=O) groups is 1. The summed E-state index contributed by atoms with van der Waals surface area (Å²) >= 11 is 0. The molecule has 0 heterocycles. The largest absolute Gasteiger partial charge is 0.326 e. The number of nitriles is 1. The summed E-state index contributed by atoms with van der Waals surface area (Å²) in [4.78, 5) is 14.1. The number of nitrogens with one attached hydrogen (secondary N) is 1. The minimum Gasteiger partial charge on any atom is -0.326 e. The summed E-state index contributed by atoms with van der Waals surface area (Å²) in [5.74, 6) is -0.00533. The van der Waals surface area contributed by atoms with E-state index in [0.29, 0.717) is 17.7 Å². The quantitative estimate of drug-likeness (QED) is 0.873. The third-order valence-electron chi connectivity index (χ3n) is 2.96. The molecule has 114 valence electrons. The van der Waals surface area contributed by atoms with Gasteiger partial charge in [0, 0.05) is 18.7 Å². The van der Waals surface area contributed by atoms with Crippen LogP contribution >= 0.6 is 0 Å². The molecule has 1 aromatic rings. The first-order valence-corrected chi connectivity index (χ1v) is 7.29. The maximum absolute atomic E-state index is 11.9. The Morgan fingerprint density at radius 3 is 2.71 bits per heavy atom. The number of hydrogen-bond donors (Lipinski definition) is 1. The van der Waals surface area contributed by atoms with Crippen LogP contribution in [-0.2, 0) is 4.79 Å². The van der Waals surface area contributed by atoms with Gasteiger partial charge >= 0.3 is 0 Å². The van der Waals surface area contributed by atoms with Gasteiger partial charge in [0.25, 0.3) is 0 Å². The number of hydrogen-bond acceptors (Lipinski definition) is 3. The Morgan fingerprint density at radius 2 is 2.10 bits per heavy atom. The highest BCUT2D eigenvalue weighted by molar-refractivity contribution is 5.90.